The summed E-state index contributed by atoms with van der Waals surface area (Å²) in [4.78, 5) is 11.4. The maximum absolute atomic E-state index is 11.4. The molecule has 2 heteroatoms. The Morgan fingerprint density at radius 3 is 2.33 bits per heavy atom. The Bertz CT molecular complexity index is 264. The first-order chi connectivity index (χ1) is 5.43. The van der Waals surface area contributed by atoms with Crippen molar-refractivity contribution in [2.75, 3.05) is 0 Å². The van der Waals surface area contributed by atoms with Crippen LogP contribution in [0.2, 0.25) is 0 Å². The maximum Gasteiger partial charge on any atom is 0.166 e. The molecule has 0 amide bonds. The van der Waals surface area contributed by atoms with Crippen LogP contribution in [0.25, 0.3) is 0 Å². The van der Waals surface area contributed by atoms with E-state index in [1.807, 2.05) is 20.8 Å². The number of aliphatic hydroxyl groups excluding tert-OH is 1. The molecule has 0 aliphatic heterocycles. The van der Waals surface area contributed by atoms with Crippen molar-refractivity contribution < 1.29 is 9.90 Å². The molecule has 0 aromatic rings. The van der Waals surface area contributed by atoms with Gasteiger partial charge < -0.3 is 5.11 Å². The largest absolute Gasteiger partial charge is 0.508 e. The molecule has 0 saturated heterocycles. The number of hydrogen-bond donors (Lipinski definition) is 1. The van der Waals surface area contributed by atoms with Gasteiger partial charge in [0, 0.05) is 12.0 Å². The number of Topliss-reactive ketones (excluding diaryl/α,β-unsaturated/α-hetero) is 1. The van der Waals surface area contributed by atoms with Crippen molar-refractivity contribution >= 4 is 5.78 Å². The van der Waals surface area contributed by atoms with E-state index in [9.17, 15) is 9.90 Å². The van der Waals surface area contributed by atoms with Gasteiger partial charge in [0.15, 0.2) is 5.78 Å². The molecule has 0 fully saturated rings. The Kier molecular flexibility index (Phi) is 2.09. The third-order valence-electron chi connectivity index (χ3n) is 1.86. The Morgan fingerprint density at radius 1 is 1.42 bits per heavy atom. The molecule has 0 bridgehead atoms. The van der Waals surface area contributed by atoms with Crippen LogP contribution in [0.3, 0.4) is 0 Å². The van der Waals surface area contributed by atoms with E-state index in [0.717, 1.165) is 0 Å². The molecule has 0 aromatic carbocycles. The molecule has 0 heterocycles. The van der Waals surface area contributed by atoms with Crippen molar-refractivity contribution in [3.05, 3.63) is 23.5 Å². The van der Waals surface area contributed by atoms with Gasteiger partial charge in [0.05, 0.1) is 0 Å². The fourth-order valence-corrected chi connectivity index (χ4v) is 1.41. The molecule has 0 aromatic heterocycles. The van der Waals surface area contributed by atoms with Gasteiger partial charge in [-0.2, -0.15) is 0 Å². The highest BCUT2D eigenvalue weighted by atomic mass is 16.3. The zero-order valence-corrected chi connectivity index (χ0v) is 7.72. The average Bonchev–Trinajstić information content (AvgIpc) is 1.82. The highest BCUT2D eigenvalue weighted by Crippen LogP contribution is 2.31. The monoisotopic (exact) mass is 166 g/mol. The third kappa shape index (κ3) is 1.58. The molecule has 1 N–H and O–H groups in total. The Morgan fingerprint density at radius 2 is 2.00 bits per heavy atom. The molecule has 12 heavy (non-hydrogen) atoms. The highest BCUT2D eigenvalue weighted by Gasteiger charge is 2.27. The van der Waals surface area contributed by atoms with Crippen LogP contribution in [0, 0.1) is 5.41 Å². The SMILES string of the molecule is CC(C)(C)C1=C(O)C=CCC1=O. The Balaban J connectivity index is 3.14. The van der Waals surface area contributed by atoms with E-state index in [0.29, 0.717) is 12.0 Å². The van der Waals surface area contributed by atoms with E-state index in [2.05, 4.69) is 0 Å². The number of allylic oxidation sites excluding steroid dienone is 3. The van der Waals surface area contributed by atoms with Gasteiger partial charge >= 0.3 is 0 Å². The van der Waals surface area contributed by atoms with Crippen LogP contribution in [-0.4, -0.2) is 10.9 Å². The fourth-order valence-electron chi connectivity index (χ4n) is 1.41. The summed E-state index contributed by atoms with van der Waals surface area (Å²) in [5, 5.41) is 9.45. The molecule has 1 aliphatic carbocycles. The lowest BCUT2D eigenvalue weighted by Crippen LogP contribution is -2.21. The average molecular weight is 166 g/mol. The summed E-state index contributed by atoms with van der Waals surface area (Å²) in [6, 6.07) is 0. The molecule has 0 radical (unpaired) electrons. The predicted molar refractivity (Wildman–Crippen MR) is 47.9 cm³/mol. The quantitative estimate of drug-likeness (QED) is 0.599. The van der Waals surface area contributed by atoms with Gasteiger partial charge in [-0.3, -0.25) is 4.79 Å². The highest BCUT2D eigenvalue weighted by molar-refractivity contribution is 5.99. The van der Waals surface area contributed by atoms with Crippen LogP contribution in [0.15, 0.2) is 23.5 Å². The van der Waals surface area contributed by atoms with E-state index in [1.165, 1.54) is 0 Å². The van der Waals surface area contributed by atoms with Crippen LogP contribution in [0.4, 0.5) is 0 Å². The summed E-state index contributed by atoms with van der Waals surface area (Å²) in [5.74, 6) is 0.154. The van der Waals surface area contributed by atoms with Crippen LogP contribution in [0.5, 0.6) is 0 Å². The molecule has 66 valence electrons. The van der Waals surface area contributed by atoms with Crippen molar-refractivity contribution in [3.8, 4) is 0 Å². The molecular weight excluding hydrogens is 152 g/mol. The normalized spacial score (nSPS) is 18.8. The van der Waals surface area contributed by atoms with Crippen molar-refractivity contribution in [1.29, 1.82) is 0 Å². The summed E-state index contributed by atoms with van der Waals surface area (Å²) in [7, 11) is 0. The Hall–Kier alpha value is -1.05. The minimum absolute atomic E-state index is 0.0301. The van der Waals surface area contributed by atoms with Gasteiger partial charge in [0.25, 0.3) is 0 Å². The first-order valence-corrected chi connectivity index (χ1v) is 4.06. The lowest BCUT2D eigenvalue weighted by atomic mass is 9.80. The van der Waals surface area contributed by atoms with E-state index < -0.39 is 0 Å². The van der Waals surface area contributed by atoms with Crippen LogP contribution in [-0.2, 0) is 4.79 Å². The number of carbonyl (C=O) groups is 1. The number of carbonyl (C=O) groups excluding carboxylic acids is 1. The molecule has 0 unspecified atom stereocenters. The smallest absolute Gasteiger partial charge is 0.166 e. The van der Waals surface area contributed by atoms with Crippen molar-refractivity contribution in [2.45, 2.75) is 27.2 Å². The predicted octanol–water partition coefficient (Wildman–Crippen LogP) is 2.37. The second-order valence-corrected chi connectivity index (χ2v) is 4.04. The third-order valence-corrected chi connectivity index (χ3v) is 1.86. The van der Waals surface area contributed by atoms with Gasteiger partial charge in [-0.1, -0.05) is 26.8 Å². The van der Waals surface area contributed by atoms with E-state index >= 15 is 0 Å². The van der Waals surface area contributed by atoms with Crippen molar-refractivity contribution in [1.82, 2.24) is 0 Å². The number of rotatable bonds is 0. The summed E-state index contributed by atoms with van der Waals surface area (Å²) < 4.78 is 0. The van der Waals surface area contributed by atoms with Gasteiger partial charge in [-0.15, -0.1) is 0 Å². The molecule has 1 rings (SSSR count). The minimum atomic E-state index is -0.258. The summed E-state index contributed by atoms with van der Waals surface area (Å²) in [6.45, 7) is 5.78. The molecular formula is C10H14O2. The molecule has 0 atom stereocenters. The Labute approximate surface area is 72.6 Å². The topological polar surface area (TPSA) is 37.3 Å². The summed E-state index contributed by atoms with van der Waals surface area (Å²) >= 11 is 0. The van der Waals surface area contributed by atoms with Gasteiger partial charge in [0.1, 0.15) is 5.76 Å². The van der Waals surface area contributed by atoms with E-state index in [-0.39, 0.29) is 17.0 Å². The lowest BCUT2D eigenvalue weighted by molar-refractivity contribution is -0.116. The van der Waals surface area contributed by atoms with Gasteiger partial charge in [0.2, 0.25) is 0 Å². The van der Waals surface area contributed by atoms with Crippen LogP contribution < -0.4 is 0 Å². The first-order valence-electron chi connectivity index (χ1n) is 4.06. The second kappa shape index (κ2) is 2.77. The zero-order chi connectivity index (χ0) is 9.35. The van der Waals surface area contributed by atoms with Crippen molar-refractivity contribution in [3.63, 3.8) is 0 Å². The summed E-state index contributed by atoms with van der Waals surface area (Å²) in [5.41, 5.74) is 0.288. The molecule has 0 saturated carbocycles. The number of ketones is 1. The molecule has 0 spiro atoms. The number of hydrogen-bond acceptors (Lipinski definition) is 2. The first kappa shape index (κ1) is 9.04. The van der Waals surface area contributed by atoms with E-state index in [1.54, 1.807) is 12.2 Å². The van der Waals surface area contributed by atoms with Crippen LogP contribution >= 0.6 is 0 Å². The van der Waals surface area contributed by atoms with E-state index in [4.69, 9.17) is 0 Å². The maximum atomic E-state index is 11.4. The lowest BCUT2D eigenvalue weighted by Gasteiger charge is -2.23. The number of aliphatic hydroxyl groups is 1. The molecule has 2 nitrogen and oxygen atoms in total. The zero-order valence-electron chi connectivity index (χ0n) is 7.72. The van der Waals surface area contributed by atoms with Gasteiger partial charge in [-0.05, 0) is 11.5 Å². The molecule has 1 aliphatic rings. The van der Waals surface area contributed by atoms with Crippen LogP contribution in [0.1, 0.15) is 27.2 Å². The van der Waals surface area contributed by atoms with Crippen molar-refractivity contribution in [2.24, 2.45) is 5.41 Å². The minimum Gasteiger partial charge on any atom is -0.508 e. The second-order valence-electron chi connectivity index (χ2n) is 4.04. The van der Waals surface area contributed by atoms with Gasteiger partial charge in [-0.25, -0.2) is 0 Å². The summed E-state index contributed by atoms with van der Waals surface area (Å²) in [6.07, 6.45) is 3.70. The fraction of sp³-hybridized carbons (Fsp3) is 0.500. The standard InChI is InChI=1S/C10H14O2/c1-10(2,3)9-7(11)5-4-6-8(9)12/h4-5,11H,6H2,1-3H3.